The van der Waals surface area contributed by atoms with E-state index in [0.29, 0.717) is 15.9 Å². The van der Waals surface area contributed by atoms with Crippen LogP contribution in [0, 0.1) is 5.82 Å². The Morgan fingerprint density at radius 3 is 2.77 bits per heavy atom. The van der Waals surface area contributed by atoms with E-state index in [1.165, 1.54) is 12.3 Å². The second-order valence-corrected chi connectivity index (χ2v) is 3.77. The minimum Gasteiger partial charge on any atom is -0.244 e. The molecule has 0 atom stereocenters. The summed E-state index contributed by atoms with van der Waals surface area (Å²) in [5.41, 5.74) is 0. The van der Waals surface area contributed by atoms with Crippen molar-refractivity contribution in [3.63, 3.8) is 0 Å². The molecular weight excluding hydrogens is 256 g/mol. The van der Waals surface area contributed by atoms with Crippen LogP contribution in [0.25, 0.3) is 10.8 Å². The minimum absolute atomic E-state index is 0.289. The van der Waals surface area contributed by atoms with E-state index >= 15 is 0 Å². The van der Waals surface area contributed by atoms with Gasteiger partial charge in [-0.05, 0) is 18.2 Å². The Morgan fingerprint density at radius 2 is 2.08 bits per heavy atom. The van der Waals surface area contributed by atoms with E-state index in [0.717, 1.165) is 4.47 Å². The van der Waals surface area contributed by atoms with Crippen LogP contribution in [0.1, 0.15) is 0 Å². The summed E-state index contributed by atoms with van der Waals surface area (Å²) in [6.45, 7) is 0. The monoisotopic (exact) mass is 259 g/mol. The summed E-state index contributed by atoms with van der Waals surface area (Å²) in [7, 11) is 0. The molecule has 1 nitrogen and oxygen atoms in total. The van der Waals surface area contributed by atoms with Crippen molar-refractivity contribution in [3.8, 4) is 0 Å². The smallest absolute Gasteiger partial charge is 0.138 e. The SMILES string of the molecule is Fc1ccc(Br)c2c(Cl)nccc12. The highest BCUT2D eigenvalue weighted by atomic mass is 79.9. The fourth-order valence-electron chi connectivity index (χ4n) is 1.18. The highest BCUT2D eigenvalue weighted by molar-refractivity contribution is 9.10. The number of hydrogen-bond acceptors (Lipinski definition) is 1. The summed E-state index contributed by atoms with van der Waals surface area (Å²) in [6.07, 6.45) is 1.49. The number of hydrogen-bond donors (Lipinski definition) is 0. The molecule has 0 fully saturated rings. The third-order valence-electron chi connectivity index (χ3n) is 1.78. The van der Waals surface area contributed by atoms with Gasteiger partial charge in [-0.3, -0.25) is 0 Å². The first kappa shape index (κ1) is 8.91. The van der Waals surface area contributed by atoms with Gasteiger partial charge < -0.3 is 0 Å². The first-order valence-corrected chi connectivity index (χ1v) is 4.75. The average Bonchev–Trinajstić information content (AvgIpc) is 2.12. The summed E-state index contributed by atoms with van der Waals surface area (Å²) in [6, 6.07) is 4.61. The van der Waals surface area contributed by atoms with E-state index in [-0.39, 0.29) is 5.82 Å². The third kappa shape index (κ3) is 1.42. The van der Waals surface area contributed by atoms with Crippen LogP contribution in [0.4, 0.5) is 4.39 Å². The van der Waals surface area contributed by atoms with Crippen LogP contribution in [0.15, 0.2) is 28.9 Å². The zero-order valence-corrected chi connectivity index (χ0v) is 8.73. The van der Waals surface area contributed by atoms with Crippen molar-refractivity contribution in [1.82, 2.24) is 4.98 Å². The van der Waals surface area contributed by atoms with Gasteiger partial charge in [0.05, 0.1) is 0 Å². The molecule has 66 valence electrons. The molecule has 2 aromatic rings. The highest BCUT2D eigenvalue weighted by Crippen LogP contribution is 2.30. The van der Waals surface area contributed by atoms with E-state index in [1.807, 2.05) is 0 Å². The molecule has 0 spiro atoms. The highest BCUT2D eigenvalue weighted by Gasteiger charge is 2.07. The normalized spacial score (nSPS) is 10.7. The number of halogens is 3. The van der Waals surface area contributed by atoms with Gasteiger partial charge in [0.2, 0.25) is 0 Å². The first-order valence-electron chi connectivity index (χ1n) is 3.58. The van der Waals surface area contributed by atoms with Crippen LogP contribution >= 0.6 is 27.5 Å². The molecule has 2 rings (SSSR count). The maximum atomic E-state index is 13.2. The lowest BCUT2D eigenvalue weighted by atomic mass is 10.2. The molecule has 1 aromatic carbocycles. The molecule has 0 aliphatic heterocycles. The van der Waals surface area contributed by atoms with Crippen molar-refractivity contribution in [2.45, 2.75) is 0 Å². The van der Waals surface area contributed by atoms with E-state index in [2.05, 4.69) is 20.9 Å². The molecule has 1 heterocycles. The summed E-state index contributed by atoms with van der Waals surface area (Å²) in [5, 5.41) is 1.41. The fourth-order valence-corrected chi connectivity index (χ4v) is 2.09. The number of fused-ring (bicyclic) bond motifs is 1. The Kier molecular flexibility index (Phi) is 2.22. The van der Waals surface area contributed by atoms with Crippen molar-refractivity contribution >= 4 is 38.3 Å². The Balaban J connectivity index is 3.00. The maximum absolute atomic E-state index is 13.2. The van der Waals surface area contributed by atoms with Crippen molar-refractivity contribution in [3.05, 3.63) is 39.8 Å². The standard InChI is InChI=1S/C9H4BrClFN/c10-6-1-2-7(12)5-3-4-13-9(11)8(5)6/h1-4H. The fraction of sp³-hybridized carbons (Fsp3) is 0. The van der Waals surface area contributed by atoms with Crippen molar-refractivity contribution in [2.75, 3.05) is 0 Å². The minimum atomic E-state index is -0.289. The molecule has 0 aliphatic carbocycles. The number of pyridine rings is 1. The number of rotatable bonds is 0. The van der Waals surface area contributed by atoms with Gasteiger partial charge in [0.1, 0.15) is 11.0 Å². The predicted octanol–water partition coefficient (Wildman–Crippen LogP) is 3.79. The van der Waals surface area contributed by atoms with E-state index < -0.39 is 0 Å². The van der Waals surface area contributed by atoms with Crippen LogP contribution in [-0.4, -0.2) is 4.98 Å². The molecule has 0 amide bonds. The molecular formula is C9H4BrClFN. The molecule has 0 saturated carbocycles. The molecule has 0 unspecified atom stereocenters. The Bertz CT molecular complexity index is 464. The van der Waals surface area contributed by atoms with Crippen LogP contribution in [0.3, 0.4) is 0 Å². The summed E-state index contributed by atoms with van der Waals surface area (Å²) >= 11 is 9.12. The summed E-state index contributed by atoms with van der Waals surface area (Å²) in [5.74, 6) is -0.289. The van der Waals surface area contributed by atoms with Gasteiger partial charge in [0, 0.05) is 21.4 Å². The number of benzene rings is 1. The molecule has 0 aliphatic rings. The predicted molar refractivity (Wildman–Crippen MR) is 54.4 cm³/mol. The van der Waals surface area contributed by atoms with Crippen LogP contribution in [0.5, 0.6) is 0 Å². The largest absolute Gasteiger partial charge is 0.244 e. The molecule has 0 N–H and O–H groups in total. The lowest BCUT2D eigenvalue weighted by molar-refractivity contribution is 0.639. The van der Waals surface area contributed by atoms with E-state index in [1.54, 1.807) is 12.1 Å². The molecule has 0 bridgehead atoms. The maximum Gasteiger partial charge on any atom is 0.138 e. The van der Waals surface area contributed by atoms with Gasteiger partial charge in [0.15, 0.2) is 0 Å². The number of aromatic nitrogens is 1. The van der Waals surface area contributed by atoms with Gasteiger partial charge in [-0.25, -0.2) is 9.37 Å². The van der Waals surface area contributed by atoms with Crippen molar-refractivity contribution in [2.24, 2.45) is 0 Å². The Morgan fingerprint density at radius 1 is 1.31 bits per heavy atom. The lowest BCUT2D eigenvalue weighted by Crippen LogP contribution is -1.84. The van der Waals surface area contributed by atoms with Gasteiger partial charge in [0.25, 0.3) is 0 Å². The molecule has 4 heteroatoms. The second-order valence-electron chi connectivity index (χ2n) is 2.55. The Hall–Kier alpha value is -0.670. The zero-order valence-electron chi connectivity index (χ0n) is 6.39. The van der Waals surface area contributed by atoms with Crippen molar-refractivity contribution in [1.29, 1.82) is 0 Å². The van der Waals surface area contributed by atoms with E-state index in [9.17, 15) is 4.39 Å². The Labute approximate surface area is 87.7 Å². The molecule has 0 radical (unpaired) electrons. The van der Waals surface area contributed by atoms with E-state index in [4.69, 9.17) is 11.6 Å². The lowest BCUT2D eigenvalue weighted by Gasteiger charge is -2.02. The van der Waals surface area contributed by atoms with Gasteiger partial charge in [-0.1, -0.05) is 27.5 Å². The quantitative estimate of drug-likeness (QED) is 0.657. The van der Waals surface area contributed by atoms with Gasteiger partial charge in [-0.2, -0.15) is 0 Å². The summed E-state index contributed by atoms with van der Waals surface area (Å²) in [4.78, 5) is 3.88. The second kappa shape index (κ2) is 3.24. The van der Waals surface area contributed by atoms with Gasteiger partial charge >= 0.3 is 0 Å². The summed E-state index contributed by atoms with van der Waals surface area (Å²) < 4.78 is 14.0. The first-order chi connectivity index (χ1) is 6.20. The zero-order chi connectivity index (χ0) is 9.42. The third-order valence-corrected chi connectivity index (χ3v) is 2.72. The number of nitrogens with zero attached hydrogens (tertiary/aromatic N) is 1. The molecule has 0 saturated heterocycles. The van der Waals surface area contributed by atoms with Crippen LogP contribution < -0.4 is 0 Å². The van der Waals surface area contributed by atoms with Crippen molar-refractivity contribution < 1.29 is 4.39 Å². The van der Waals surface area contributed by atoms with Gasteiger partial charge in [-0.15, -0.1) is 0 Å². The average molecular weight is 260 g/mol. The van der Waals surface area contributed by atoms with Crippen LogP contribution in [-0.2, 0) is 0 Å². The van der Waals surface area contributed by atoms with Crippen LogP contribution in [0.2, 0.25) is 5.15 Å². The topological polar surface area (TPSA) is 12.9 Å². The molecule has 13 heavy (non-hydrogen) atoms. The molecule has 1 aromatic heterocycles.